The Bertz CT molecular complexity index is 387. The van der Waals surface area contributed by atoms with Gasteiger partial charge in [-0.15, -0.1) is 0 Å². The van der Waals surface area contributed by atoms with Crippen LogP contribution in [0.25, 0.3) is 0 Å². The molecule has 1 aromatic heterocycles. The Hall–Kier alpha value is -1.47. The minimum absolute atomic E-state index is 0.0119. The van der Waals surface area contributed by atoms with Crippen LogP contribution < -0.4 is 10.6 Å². The number of aryl methyl sites for hydroxylation is 1. The average molecular weight is 253 g/mol. The van der Waals surface area contributed by atoms with E-state index in [4.69, 9.17) is 4.74 Å². The summed E-state index contributed by atoms with van der Waals surface area (Å²) in [5.41, 5.74) is 0. The molecule has 7 heteroatoms. The summed E-state index contributed by atoms with van der Waals surface area (Å²) in [6.45, 7) is 2.25. The minimum atomic E-state index is 0.0119. The maximum absolute atomic E-state index is 11.6. The third kappa shape index (κ3) is 4.08. The highest BCUT2D eigenvalue weighted by molar-refractivity contribution is 5.78. The zero-order valence-corrected chi connectivity index (χ0v) is 10.6. The topological polar surface area (TPSA) is 81.1 Å². The molecule has 0 aromatic carbocycles. The molecule has 18 heavy (non-hydrogen) atoms. The molecule has 0 unspecified atom stereocenters. The molecule has 1 fully saturated rings. The van der Waals surface area contributed by atoms with Crippen LogP contribution in [-0.2, 0) is 23.1 Å². The second-order valence-corrected chi connectivity index (χ2v) is 4.39. The molecule has 1 saturated heterocycles. The van der Waals surface area contributed by atoms with Crippen molar-refractivity contribution in [3.8, 4) is 0 Å². The molecule has 2 rings (SSSR count). The van der Waals surface area contributed by atoms with Gasteiger partial charge in [-0.25, -0.2) is 4.98 Å². The van der Waals surface area contributed by atoms with Crippen molar-refractivity contribution in [3.05, 3.63) is 12.2 Å². The zero-order valence-electron chi connectivity index (χ0n) is 10.6. The van der Waals surface area contributed by atoms with Crippen LogP contribution >= 0.6 is 0 Å². The second-order valence-electron chi connectivity index (χ2n) is 4.39. The minimum Gasteiger partial charge on any atom is -0.381 e. The molecule has 7 nitrogen and oxygen atoms in total. The molecule has 1 aliphatic heterocycles. The van der Waals surface area contributed by atoms with Gasteiger partial charge in [0, 0.05) is 26.3 Å². The van der Waals surface area contributed by atoms with Gasteiger partial charge in [-0.1, -0.05) is 0 Å². The molecule has 0 radical (unpaired) electrons. The lowest BCUT2D eigenvalue weighted by Crippen LogP contribution is -2.42. The van der Waals surface area contributed by atoms with Crippen LogP contribution in [0, 0.1) is 0 Å². The van der Waals surface area contributed by atoms with Gasteiger partial charge in [0.25, 0.3) is 0 Å². The highest BCUT2D eigenvalue weighted by Gasteiger charge is 2.15. The van der Waals surface area contributed by atoms with E-state index >= 15 is 0 Å². The Morgan fingerprint density at radius 3 is 3.00 bits per heavy atom. The standard InChI is InChI=1S/C11H19N5O2/c1-16-8-13-10(15-16)6-12-7-11(17)14-9-2-4-18-5-3-9/h8-9,12H,2-7H2,1H3,(H,14,17). The summed E-state index contributed by atoms with van der Waals surface area (Å²) < 4.78 is 6.87. The van der Waals surface area contributed by atoms with Gasteiger partial charge < -0.3 is 15.4 Å². The van der Waals surface area contributed by atoms with E-state index in [1.165, 1.54) is 0 Å². The van der Waals surface area contributed by atoms with Crippen LogP contribution in [0.15, 0.2) is 6.33 Å². The molecule has 100 valence electrons. The van der Waals surface area contributed by atoms with Gasteiger partial charge in [0.2, 0.25) is 5.91 Å². The van der Waals surface area contributed by atoms with Crippen molar-refractivity contribution in [2.75, 3.05) is 19.8 Å². The summed E-state index contributed by atoms with van der Waals surface area (Å²) in [6.07, 6.45) is 3.43. The van der Waals surface area contributed by atoms with Crippen LogP contribution in [0.2, 0.25) is 0 Å². The van der Waals surface area contributed by atoms with Gasteiger partial charge in [0.15, 0.2) is 5.82 Å². The van der Waals surface area contributed by atoms with Crippen molar-refractivity contribution in [2.24, 2.45) is 7.05 Å². The van der Waals surface area contributed by atoms with Crippen molar-refractivity contribution >= 4 is 5.91 Å². The van der Waals surface area contributed by atoms with Crippen molar-refractivity contribution < 1.29 is 9.53 Å². The lowest BCUT2D eigenvalue weighted by Gasteiger charge is -2.23. The third-order valence-electron chi connectivity index (χ3n) is 2.80. The largest absolute Gasteiger partial charge is 0.381 e. The predicted molar refractivity (Wildman–Crippen MR) is 64.7 cm³/mol. The van der Waals surface area contributed by atoms with Gasteiger partial charge in [-0.05, 0) is 12.8 Å². The molecule has 2 N–H and O–H groups in total. The fraction of sp³-hybridized carbons (Fsp3) is 0.727. The van der Waals surface area contributed by atoms with Crippen LogP contribution in [0.1, 0.15) is 18.7 Å². The van der Waals surface area contributed by atoms with E-state index in [0.29, 0.717) is 12.4 Å². The van der Waals surface area contributed by atoms with Crippen LogP contribution in [0.5, 0.6) is 0 Å². The molecule has 1 aromatic rings. The first-order valence-electron chi connectivity index (χ1n) is 6.16. The number of rotatable bonds is 5. The molecule has 0 aliphatic carbocycles. The summed E-state index contributed by atoms with van der Waals surface area (Å²) in [6, 6.07) is 0.251. The Balaban J connectivity index is 1.62. The number of nitrogens with one attached hydrogen (secondary N) is 2. The predicted octanol–water partition coefficient (Wildman–Crippen LogP) is -0.800. The van der Waals surface area contributed by atoms with E-state index in [0.717, 1.165) is 26.1 Å². The first-order chi connectivity index (χ1) is 8.74. The van der Waals surface area contributed by atoms with Crippen molar-refractivity contribution in [2.45, 2.75) is 25.4 Å². The number of hydrogen-bond acceptors (Lipinski definition) is 5. The summed E-state index contributed by atoms with van der Waals surface area (Å²) >= 11 is 0. The number of carbonyl (C=O) groups excluding carboxylic acids is 1. The Morgan fingerprint density at radius 2 is 2.33 bits per heavy atom. The fourth-order valence-electron chi connectivity index (χ4n) is 1.87. The third-order valence-corrected chi connectivity index (χ3v) is 2.80. The van der Waals surface area contributed by atoms with Crippen molar-refractivity contribution in [1.29, 1.82) is 0 Å². The van der Waals surface area contributed by atoms with Gasteiger partial charge in [0.05, 0.1) is 13.1 Å². The van der Waals surface area contributed by atoms with E-state index in [-0.39, 0.29) is 18.5 Å². The number of ether oxygens (including phenoxy) is 1. The number of carbonyl (C=O) groups is 1. The molecule has 0 spiro atoms. The van der Waals surface area contributed by atoms with Gasteiger partial charge in [-0.2, -0.15) is 5.10 Å². The summed E-state index contributed by atoms with van der Waals surface area (Å²) in [5, 5.41) is 10.1. The molecule has 1 amide bonds. The first-order valence-corrected chi connectivity index (χ1v) is 6.16. The maximum atomic E-state index is 11.6. The Labute approximate surface area is 106 Å². The van der Waals surface area contributed by atoms with Crippen LogP contribution in [0.3, 0.4) is 0 Å². The lowest BCUT2D eigenvalue weighted by molar-refractivity contribution is -0.121. The molecule has 0 bridgehead atoms. The normalized spacial score (nSPS) is 16.7. The Morgan fingerprint density at radius 1 is 1.56 bits per heavy atom. The van der Waals surface area contributed by atoms with E-state index in [1.807, 2.05) is 7.05 Å². The monoisotopic (exact) mass is 253 g/mol. The van der Waals surface area contributed by atoms with Crippen LogP contribution in [-0.4, -0.2) is 46.5 Å². The first kappa shape index (κ1) is 13.0. The second kappa shape index (κ2) is 6.46. The van der Waals surface area contributed by atoms with Crippen molar-refractivity contribution in [3.63, 3.8) is 0 Å². The molecule has 1 aliphatic rings. The van der Waals surface area contributed by atoms with Gasteiger partial charge in [0.1, 0.15) is 6.33 Å². The molecule has 0 saturated carbocycles. The highest BCUT2D eigenvalue weighted by atomic mass is 16.5. The quantitative estimate of drug-likeness (QED) is 0.718. The highest BCUT2D eigenvalue weighted by Crippen LogP contribution is 2.05. The molecule has 2 heterocycles. The molecular formula is C11H19N5O2. The zero-order chi connectivity index (χ0) is 12.8. The van der Waals surface area contributed by atoms with E-state index in [2.05, 4.69) is 20.7 Å². The average Bonchev–Trinajstić information content (AvgIpc) is 2.76. The SMILES string of the molecule is Cn1cnc(CNCC(=O)NC2CCOCC2)n1. The van der Waals surface area contributed by atoms with E-state index in [9.17, 15) is 4.79 Å². The van der Waals surface area contributed by atoms with Gasteiger partial charge >= 0.3 is 0 Å². The summed E-state index contributed by atoms with van der Waals surface area (Å²) in [5.74, 6) is 0.703. The lowest BCUT2D eigenvalue weighted by atomic mass is 10.1. The molecular weight excluding hydrogens is 234 g/mol. The fourth-order valence-corrected chi connectivity index (χ4v) is 1.87. The summed E-state index contributed by atoms with van der Waals surface area (Å²) in [7, 11) is 1.81. The van der Waals surface area contributed by atoms with Gasteiger partial charge in [-0.3, -0.25) is 9.48 Å². The number of hydrogen-bond donors (Lipinski definition) is 2. The van der Waals surface area contributed by atoms with Crippen LogP contribution in [0.4, 0.5) is 0 Å². The Kier molecular flexibility index (Phi) is 4.66. The number of aromatic nitrogens is 3. The summed E-state index contributed by atoms with van der Waals surface area (Å²) in [4.78, 5) is 15.7. The van der Waals surface area contributed by atoms with E-state index < -0.39 is 0 Å². The number of nitrogens with zero attached hydrogens (tertiary/aromatic N) is 3. The molecule has 0 atom stereocenters. The smallest absolute Gasteiger partial charge is 0.234 e. The number of amides is 1. The maximum Gasteiger partial charge on any atom is 0.234 e. The van der Waals surface area contributed by atoms with Crippen molar-refractivity contribution in [1.82, 2.24) is 25.4 Å². The van der Waals surface area contributed by atoms with E-state index in [1.54, 1.807) is 11.0 Å².